The summed E-state index contributed by atoms with van der Waals surface area (Å²) in [4.78, 5) is 23.6. The number of rotatable bonds is 6. The third-order valence-electron chi connectivity index (χ3n) is 6.68. The van der Waals surface area contributed by atoms with Gasteiger partial charge in [0.05, 0.1) is 36.1 Å². The molecule has 35 heavy (non-hydrogen) atoms. The molecule has 0 saturated heterocycles. The maximum absolute atomic E-state index is 13.8. The number of fused-ring (bicyclic) bond motifs is 2. The van der Waals surface area contributed by atoms with Crippen LogP contribution in [-0.2, 0) is 23.5 Å². The van der Waals surface area contributed by atoms with Crippen LogP contribution in [0.15, 0.2) is 64.5 Å². The van der Waals surface area contributed by atoms with Crippen molar-refractivity contribution in [2.45, 2.75) is 56.7 Å². The second kappa shape index (κ2) is 9.47. The fourth-order valence-corrected chi connectivity index (χ4v) is 5.18. The van der Waals surface area contributed by atoms with E-state index in [1.807, 2.05) is 61.5 Å². The Labute approximate surface area is 209 Å². The second-order valence-corrected chi connectivity index (χ2v) is 10.2. The summed E-state index contributed by atoms with van der Waals surface area (Å²) in [5.41, 5.74) is 5.13. The zero-order valence-electron chi connectivity index (χ0n) is 20.5. The molecule has 0 saturated carbocycles. The number of ether oxygens (including phenoxy) is 2. The van der Waals surface area contributed by atoms with Crippen LogP contribution >= 0.6 is 11.8 Å². The quantitative estimate of drug-likeness (QED) is 0.259. The first-order valence-electron chi connectivity index (χ1n) is 11.8. The highest BCUT2D eigenvalue weighted by atomic mass is 32.2. The van der Waals surface area contributed by atoms with Gasteiger partial charge in [0.15, 0.2) is 10.8 Å². The second-order valence-electron chi connectivity index (χ2n) is 9.24. The number of aromatic nitrogens is 3. The molecule has 180 valence electrons. The molecule has 0 aliphatic carbocycles. The van der Waals surface area contributed by atoms with Gasteiger partial charge < -0.3 is 9.47 Å². The molecule has 0 spiro atoms. The monoisotopic (exact) mass is 487 g/mol. The summed E-state index contributed by atoms with van der Waals surface area (Å²) in [6.45, 7) is 6.73. The lowest BCUT2D eigenvalue weighted by Crippen LogP contribution is -2.35. The molecule has 5 rings (SSSR count). The predicted molar refractivity (Wildman–Crippen MR) is 140 cm³/mol. The van der Waals surface area contributed by atoms with Crippen molar-refractivity contribution >= 4 is 22.8 Å². The first-order chi connectivity index (χ1) is 16.9. The number of hydrogen-bond donors (Lipinski definition) is 0. The van der Waals surface area contributed by atoms with Gasteiger partial charge in [-0.1, -0.05) is 48.5 Å². The van der Waals surface area contributed by atoms with E-state index in [4.69, 9.17) is 19.4 Å². The molecule has 0 amide bonds. The van der Waals surface area contributed by atoms with Crippen molar-refractivity contribution < 1.29 is 9.47 Å². The molecular weight excluding hydrogens is 458 g/mol. The van der Waals surface area contributed by atoms with Crippen LogP contribution in [-0.4, -0.2) is 27.2 Å². The Morgan fingerprint density at radius 3 is 2.54 bits per heavy atom. The first kappa shape index (κ1) is 23.6. The Balaban J connectivity index is 1.61. The number of methoxy groups -OCH3 is 1. The molecule has 4 aromatic rings. The van der Waals surface area contributed by atoms with Crippen molar-refractivity contribution in [2.24, 2.45) is 0 Å². The lowest BCUT2D eigenvalue weighted by molar-refractivity contribution is -0.0573. The molecule has 6 nitrogen and oxygen atoms in total. The molecule has 1 aliphatic heterocycles. The summed E-state index contributed by atoms with van der Waals surface area (Å²) < 4.78 is 13.1. The van der Waals surface area contributed by atoms with Crippen LogP contribution in [0.4, 0.5) is 0 Å². The van der Waals surface area contributed by atoms with Crippen molar-refractivity contribution in [3.63, 3.8) is 0 Å². The zero-order chi connectivity index (χ0) is 24.6. The van der Waals surface area contributed by atoms with Gasteiger partial charge in [-0.15, -0.1) is 0 Å². The van der Waals surface area contributed by atoms with Gasteiger partial charge in [0.1, 0.15) is 5.75 Å². The third-order valence-corrected chi connectivity index (χ3v) is 7.69. The first-order valence-corrected chi connectivity index (χ1v) is 12.8. The van der Waals surface area contributed by atoms with E-state index in [-0.39, 0.29) is 11.2 Å². The summed E-state index contributed by atoms with van der Waals surface area (Å²) in [7, 11) is 1.66. The maximum Gasteiger partial charge on any atom is 0.268 e. The number of hydrogen-bond acceptors (Lipinski definition) is 6. The number of pyridine rings is 1. The largest absolute Gasteiger partial charge is 0.497 e. The molecule has 0 radical (unpaired) electrons. The highest BCUT2D eigenvalue weighted by molar-refractivity contribution is 7.98. The third kappa shape index (κ3) is 4.70. The van der Waals surface area contributed by atoms with E-state index in [0.717, 1.165) is 40.2 Å². The lowest BCUT2D eigenvalue weighted by atomic mass is 9.91. The predicted octanol–water partition coefficient (Wildman–Crippen LogP) is 5.63. The van der Waals surface area contributed by atoms with E-state index in [2.05, 4.69) is 13.8 Å². The minimum Gasteiger partial charge on any atom is -0.497 e. The number of thioether (sulfide) groups is 1. The molecule has 2 aromatic heterocycles. The molecule has 2 aromatic carbocycles. The molecular formula is C28H29N3O3S. The van der Waals surface area contributed by atoms with Crippen molar-refractivity contribution in [3.8, 4) is 11.4 Å². The van der Waals surface area contributed by atoms with E-state index >= 15 is 0 Å². The molecule has 0 fully saturated rings. The average Bonchev–Trinajstić information content (AvgIpc) is 2.87. The van der Waals surface area contributed by atoms with Crippen molar-refractivity contribution in [2.75, 3.05) is 7.11 Å². The fraction of sp³-hybridized carbons (Fsp3) is 0.321. The van der Waals surface area contributed by atoms with Gasteiger partial charge in [-0.05, 0) is 56.2 Å². The standard InChI is InChI=1S/C28H29N3O3S/c1-5-28(3)15-24-20(16-34-28)14-23-25(29-24)30-27(35-17-19-8-12-22(33-4)13-9-19)31(26(23)32)21-10-6-18(2)7-11-21/h6-14H,5,15-17H2,1-4H3/t28-/m1/s1. The van der Waals surface area contributed by atoms with Gasteiger partial charge in [0.25, 0.3) is 5.56 Å². The molecule has 1 atom stereocenters. The van der Waals surface area contributed by atoms with Gasteiger partial charge in [-0.25, -0.2) is 9.97 Å². The van der Waals surface area contributed by atoms with Crippen LogP contribution in [0, 0.1) is 6.92 Å². The van der Waals surface area contributed by atoms with Gasteiger partial charge in [-0.2, -0.15) is 0 Å². The Morgan fingerprint density at radius 2 is 1.86 bits per heavy atom. The van der Waals surface area contributed by atoms with Crippen LogP contribution in [0.5, 0.6) is 5.75 Å². The Bertz CT molecular complexity index is 1430. The summed E-state index contributed by atoms with van der Waals surface area (Å²) in [5, 5.41) is 1.14. The molecule has 1 aliphatic rings. The highest BCUT2D eigenvalue weighted by Crippen LogP contribution is 2.31. The maximum atomic E-state index is 13.8. The Kier molecular flexibility index (Phi) is 6.38. The summed E-state index contributed by atoms with van der Waals surface area (Å²) in [6, 6.07) is 17.8. The molecule has 0 unspecified atom stereocenters. The minimum absolute atomic E-state index is 0.116. The highest BCUT2D eigenvalue weighted by Gasteiger charge is 2.31. The van der Waals surface area contributed by atoms with Gasteiger partial charge >= 0.3 is 0 Å². The van der Waals surface area contributed by atoms with Crippen molar-refractivity contribution in [3.05, 3.63) is 87.3 Å². The van der Waals surface area contributed by atoms with E-state index in [9.17, 15) is 4.79 Å². The van der Waals surface area contributed by atoms with Crippen LogP contribution < -0.4 is 10.3 Å². The topological polar surface area (TPSA) is 66.2 Å². The van der Waals surface area contributed by atoms with E-state index in [1.54, 1.807) is 11.7 Å². The van der Waals surface area contributed by atoms with E-state index in [0.29, 0.717) is 35.0 Å². The van der Waals surface area contributed by atoms with Crippen LogP contribution in [0.3, 0.4) is 0 Å². The molecule has 3 heterocycles. The smallest absolute Gasteiger partial charge is 0.268 e. The van der Waals surface area contributed by atoms with Gasteiger partial charge in [0, 0.05) is 17.7 Å². The van der Waals surface area contributed by atoms with E-state index in [1.165, 1.54) is 11.8 Å². The summed E-state index contributed by atoms with van der Waals surface area (Å²) >= 11 is 1.53. The molecule has 0 bridgehead atoms. The van der Waals surface area contributed by atoms with Gasteiger partial charge in [-0.3, -0.25) is 9.36 Å². The summed E-state index contributed by atoms with van der Waals surface area (Å²) in [5.74, 6) is 1.48. The number of aryl methyl sites for hydroxylation is 1. The SMILES string of the molecule is CC[C@]1(C)Cc2nc3nc(SCc4ccc(OC)cc4)n(-c4ccc(C)cc4)c(=O)c3cc2CO1. The lowest BCUT2D eigenvalue weighted by Gasteiger charge is -2.33. The van der Waals surface area contributed by atoms with Gasteiger partial charge in [0.2, 0.25) is 0 Å². The van der Waals surface area contributed by atoms with Crippen LogP contribution in [0.1, 0.15) is 42.7 Å². The number of benzene rings is 2. The van der Waals surface area contributed by atoms with Crippen molar-refractivity contribution in [1.82, 2.24) is 14.5 Å². The Morgan fingerprint density at radius 1 is 1.11 bits per heavy atom. The normalized spacial score (nSPS) is 17.4. The Hall–Kier alpha value is -3.16. The molecule has 7 heteroatoms. The fourth-order valence-electron chi connectivity index (χ4n) is 4.22. The van der Waals surface area contributed by atoms with Crippen LogP contribution in [0.25, 0.3) is 16.7 Å². The number of nitrogens with zero attached hydrogens (tertiary/aromatic N) is 3. The van der Waals surface area contributed by atoms with Crippen molar-refractivity contribution in [1.29, 1.82) is 0 Å². The summed E-state index contributed by atoms with van der Waals surface area (Å²) in [6.07, 6.45) is 1.61. The van der Waals surface area contributed by atoms with Crippen LogP contribution in [0.2, 0.25) is 0 Å². The molecule has 0 N–H and O–H groups in total. The zero-order valence-corrected chi connectivity index (χ0v) is 21.3. The minimum atomic E-state index is -0.240. The van der Waals surface area contributed by atoms with E-state index < -0.39 is 0 Å². The average molecular weight is 488 g/mol.